The summed E-state index contributed by atoms with van der Waals surface area (Å²) < 4.78 is 39.6. The Balaban J connectivity index is 2.38. The number of rotatable bonds is 5. The molecule has 2 aromatic rings. The number of halogens is 1. The van der Waals surface area contributed by atoms with Crippen LogP contribution in [0.2, 0.25) is 0 Å². The number of sulfonamides is 1. The van der Waals surface area contributed by atoms with E-state index in [0.717, 1.165) is 24.3 Å². The van der Waals surface area contributed by atoms with Gasteiger partial charge in [0.25, 0.3) is 10.0 Å². The number of carboxylic acids is 1. The van der Waals surface area contributed by atoms with Crippen LogP contribution in [-0.4, -0.2) is 33.6 Å². The summed E-state index contributed by atoms with van der Waals surface area (Å²) in [6.07, 6.45) is 0. The van der Waals surface area contributed by atoms with Crippen LogP contribution in [0.5, 0.6) is 0 Å². The number of hydrogen-bond acceptors (Lipinski definition) is 4. The van der Waals surface area contributed by atoms with Crippen molar-refractivity contribution in [1.29, 1.82) is 0 Å². The molecule has 6 nitrogen and oxygen atoms in total. The Morgan fingerprint density at radius 1 is 1.13 bits per heavy atom. The Labute approximate surface area is 133 Å². The van der Waals surface area contributed by atoms with Crippen LogP contribution in [0, 0.1) is 5.82 Å². The standard InChI is InChI=1S/C15H15FN2O4S/c1-18(2)14-8-5-11(9-13(14)15(19)20)17-23(21,22)12-6-3-10(16)4-7-12/h3-9,17H,1-2H3,(H,19,20). The Kier molecular flexibility index (Phi) is 4.55. The number of aromatic carboxylic acids is 1. The normalized spacial score (nSPS) is 11.1. The van der Waals surface area contributed by atoms with E-state index in [1.54, 1.807) is 19.0 Å². The van der Waals surface area contributed by atoms with E-state index in [0.29, 0.717) is 5.69 Å². The molecule has 0 atom stereocenters. The smallest absolute Gasteiger partial charge is 0.337 e. The molecule has 2 rings (SSSR count). The molecule has 8 heteroatoms. The summed E-state index contributed by atoms with van der Waals surface area (Å²) in [6.45, 7) is 0. The quantitative estimate of drug-likeness (QED) is 0.874. The first kappa shape index (κ1) is 16.8. The highest BCUT2D eigenvalue weighted by atomic mass is 32.2. The monoisotopic (exact) mass is 338 g/mol. The van der Waals surface area contributed by atoms with Crippen LogP contribution in [0.25, 0.3) is 0 Å². The summed E-state index contributed by atoms with van der Waals surface area (Å²) in [5, 5.41) is 9.24. The van der Waals surface area contributed by atoms with Crippen molar-refractivity contribution in [3.05, 3.63) is 53.8 Å². The zero-order valence-corrected chi connectivity index (χ0v) is 13.3. The third-order valence-corrected chi connectivity index (χ3v) is 4.48. The van der Waals surface area contributed by atoms with Crippen LogP contribution >= 0.6 is 0 Å². The lowest BCUT2D eigenvalue weighted by molar-refractivity contribution is 0.0697. The molecule has 0 radical (unpaired) electrons. The minimum absolute atomic E-state index is 0.0330. The molecule has 0 saturated heterocycles. The van der Waals surface area contributed by atoms with E-state index in [1.807, 2.05) is 0 Å². The molecule has 0 fully saturated rings. The third-order valence-electron chi connectivity index (χ3n) is 3.08. The van der Waals surface area contributed by atoms with Gasteiger partial charge in [-0.3, -0.25) is 4.72 Å². The number of nitrogens with one attached hydrogen (secondary N) is 1. The molecule has 122 valence electrons. The first-order chi connectivity index (χ1) is 10.7. The number of hydrogen-bond donors (Lipinski definition) is 2. The van der Waals surface area contributed by atoms with Gasteiger partial charge in [0.05, 0.1) is 16.1 Å². The average Bonchev–Trinajstić information content (AvgIpc) is 2.46. The predicted octanol–water partition coefficient (Wildman–Crippen LogP) is 2.39. The lowest BCUT2D eigenvalue weighted by Crippen LogP contribution is -2.16. The summed E-state index contributed by atoms with van der Waals surface area (Å²) in [7, 11) is -0.560. The second-order valence-electron chi connectivity index (χ2n) is 4.99. The molecule has 0 heterocycles. The number of anilines is 2. The summed E-state index contributed by atoms with van der Waals surface area (Å²) in [5.41, 5.74) is 0.522. The van der Waals surface area contributed by atoms with Crippen molar-refractivity contribution in [2.75, 3.05) is 23.7 Å². The first-order valence-electron chi connectivity index (χ1n) is 6.54. The Morgan fingerprint density at radius 2 is 1.74 bits per heavy atom. The van der Waals surface area contributed by atoms with Gasteiger partial charge in [0, 0.05) is 19.8 Å². The molecule has 0 bridgehead atoms. The van der Waals surface area contributed by atoms with Crippen molar-refractivity contribution >= 4 is 27.4 Å². The van der Waals surface area contributed by atoms with E-state index in [9.17, 15) is 22.7 Å². The highest BCUT2D eigenvalue weighted by Gasteiger charge is 2.17. The van der Waals surface area contributed by atoms with Gasteiger partial charge < -0.3 is 10.0 Å². The zero-order valence-electron chi connectivity index (χ0n) is 12.4. The van der Waals surface area contributed by atoms with Gasteiger partial charge in [0.2, 0.25) is 0 Å². The van der Waals surface area contributed by atoms with Crippen molar-refractivity contribution in [3.8, 4) is 0 Å². The van der Waals surface area contributed by atoms with Crippen LogP contribution in [0.15, 0.2) is 47.4 Å². The maximum Gasteiger partial charge on any atom is 0.337 e. The molecule has 0 aromatic heterocycles. The lowest BCUT2D eigenvalue weighted by Gasteiger charge is -2.17. The van der Waals surface area contributed by atoms with Gasteiger partial charge in [-0.25, -0.2) is 17.6 Å². The van der Waals surface area contributed by atoms with Crippen LogP contribution in [-0.2, 0) is 10.0 Å². The van der Waals surface area contributed by atoms with Crippen molar-refractivity contribution < 1.29 is 22.7 Å². The molecule has 0 unspecified atom stereocenters. The topological polar surface area (TPSA) is 86.7 Å². The van der Waals surface area contributed by atoms with Crippen LogP contribution in [0.3, 0.4) is 0 Å². The van der Waals surface area contributed by atoms with Gasteiger partial charge in [-0.2, -0.15) is 0 Å². The molecule has 23 heavy (non-hydrogen) atoms. The van der Waals surface area contributed by atoms with Crippen molar-refractivity contribution in [1.82, 2.24) is 0 Å². The molecule has 2 aromatic carbocycles. The molecule has 0 spiro atoms. The minimum atomic E-state index is -3.93. The molecular formula is C15H15FN2O4S. The Morgan fingerprint density at radius 3 is 2.26 bits per heavy atom. The minimum Gasteiger partial charge on any atom is -0.478 e. The zero-order chi connectivity index (χ0) is 17.2. The lowest BCUT2D eigenvalue weighted by atomic mass is 10.1. The molecule has 2 N–H and O–H groups in total. The summed E-state index contributed by atoms with van der Waals surface area (Å²) in [5.74, 6) is -1.72. The summed E-state index contributed by atoms with van der Waals surface area (Å²) in [4.78, 5) is 12.8. The fourth-order valence-electron chi connectivity index (χ4n) is 1.99. The van der Waals surface area contributed by atoms with Crippen LogP contribution < -0.4 is 9.62 Å². The Bertz CT molecular complexity index is 833. The first-order valence-corrected chi connectivity index (χ1v) is 8.02. The fraction of sp³-hybridized carbons (Fsp3) is 0.133. The van der Waals surface area contributed by atoms with Gasteiger partial charge in [-0.1, -0.05) is 0 Å². The third kappa shape index (κ3) is 3.78. The largest absolute Gasteiger partial charge is 0.478 e. The number of nitrogens with zero attached hydrogens (tertiary/aromatic N) is 1. The fourth-order valence-corrected chi connectivity index (χ4v) is 3.04. The van der Waals surface area contributed by atoms with Gasteiger partial charge in [0.15, 0.2) is 0 Å². The van der Waals surface area contributed by atoms with Crippen molar-refractivity contribution in [2.45, 2.75) is 4.90 Å². The van der Waals surface area contributed by atoms with Gasteiger partial charge in [0.1, 0.15) is 5.82 Å². The highest BCUT2D eigenvalue weighted by Crippen LogP contribution is 2.24. The molecule has 0 aliphatic rings. The van der Waals surface area contributed by atoms with E-state index < -0.39 is 21.8 Å². The number of carboxylic acid groups (broad SMARTS) is 1. The van der Waals surface area contributed by atoms with Crippen LogP contribution in [0.4, 0.5) is 15.8 Å². The van der Waals surface area contributed by atoms with Gasteiger partial charge in [-0.05, 0) is 42.5 Å². The van der Waals surface area contributed by atoms with E-state index in [2.05, 4.69) is 4.72 Å². The summed E-state index contributed by atoms with van der Waals surface area (Å²) >= 11 is 0. The van der Waals surface area contributed by atoms with E-state index >= 15 is 0 Å². The van der Waals surface area contributed by atoms with Gasteiger partial charge in [-0.15, -0.1) is 0 Å². The molecule has 0 amide bonds. The second-order valence-corrected chi connectivity index (χ2v) is 6.67. The van der Waals surface area contributed by atoms with E-state index in [4.69, 9.17) is 0 Å². The van der Waals surface area contributed by atoms with Crippen molar-refractivity contribution in [3.63, 3.8) is 0 Å². The van der Waals surface area contributed by atoms with E-state index in [1.165, 1.54) is 18.2 Å². The number of benzene rings is 2. The van der Waals surface area contributed by atoms with Gasteiger partial charge >= 0.3 is 5.97 Å². The highest BCUT2D eigenvalue weighted by molar-refractivity contribution is 7.92. The SMILES string of the molecule is CN(C)c1ccc(NS(=O)(=O)c2ccc(F)cc2)cc1C(=O)O. The Hall–Kier alpha value is -2.61. The number of carbonyl (C=O) groups is 1. The van der Waals surface area contributed by atoms with Crippen LogP contribution in [0.1, 0.15) is 10.4 Å². The molecular weight excluding hydrogens is 323 g/mol. The second kappa shape index (κ2) is 6.25. The van der Waals surface area contributed by atoms with E-state index in [-0.39, 0.29) is 16.1 Å². The predicted molar refractivity (Wildman–Crippen MR) is 84.9 cm³/mol. The molecule has 0 aliphatic heterocycles. The molecule has 0 saturated carbocycles. The van der Waals surface area contributed by atoms with Crippen molar-refractivity contribution in [2.24, 2.45) is 0 Å². The summed E-state index contributed by atoms with van der Waals surface area (Å²) in [6, 6.07) is 8.53. The maximum absolute atomic E-state index is 12.9. The average molecular weight is 338 g/mol. The maximum atomic E-state index is 12.9. The molecule has 0 aliphatic carbocycles.